The lowest BCUT2D eigenvalue weighted by molar-refractivity contribution is 0.412. The number of benzene rings is 2. The summed E-state index contributed by atoms with van der Waals surface area (Å²) in [6.45, 7) is 3.67. The highest BCUT2D eigenvalue weighted by atomic mass is 35.5. The minimum atomic E-state index is -3.86. The molecular weight excluding hydrogens is 372 g/mol. The van der Waals surface area contributed by atoms with Gasteiger partial charge in [0.15, 0.2) is 0 Å². The zero-order valence-corrected chi connectivity index (χ0v) is 16.1. The van der Waals surface area contributed by atoms with E-state index in [0.29, 0.717) is 27.8 Å². The van der Waals surface area contributed by atoms with Gasteiger partial charge in [-0.3, -0.25) is 0 Å². The maximum absolute atomic E-state index is 13.2. The molecule has 0 fully saturated rings. The second kappa shape index (κ2) is 6.67. The van der Waals surface area contributed by atoms with Crippen LogP contribution in [0.5, 0.6) is 5.75 Å². The van der Waals surface area contributed by atoms with Crippen LogP contribution < -0.4 is 4.74 Å². The first-order valence-corrected chi connectivity index (χ1v) is 9.82. The number of aryl methyl sites for hydroxylation is 2. The molecule has 0 spiro atoms. The van der Waals surface area contributed by atoms with Gasteiger partial charge >= 0.3 is 0 Å². The van der Waals surface area contributed by atoms with Gasteiger partial charge in [0.1, 0.15) is 11.8 Å². The molecule has 0 aliphatic heterocycles. The molecule has 3 rings (SSSR count). The fourth-order valence-electron chi connectivity index (χ4n) is 3.05. The molecule has 3 aromatic rings. The fourth-order valence-corrected chi connectivity index (χ4v) is 4.74. The number of hydrogen-bond donors (Lipinski definition) is 0. The van der Waals surface area contributed by atoms with Crippen molar-refractivity contribution in [1.82, 2.24) is 3.97 Å². The van der Waals surface area contributed by atoms with Gasteiger partial charge in [-0.05, 0) is 37.6 Å². The highest BCUT2D eigenvalue weighted by molar-refractivity contribution is 7.90. The summed E-state index contributed by atoms with van der Waals surface area (Å²) < 4.78 is 32.9. The van der Waals surface area contributed by atoms with E-state index in [1.54, 1.807) is 37.3 Å². The van der Waals surface area contributed by atoms with Gasteiger partial charge in [0.25, 0.3) is 10.0 Å². The summed E-state index contributed by atoms with van der Waals surface area (Å²) in [5, 5.41) is 10.1. The predicted molar refractivity (Wildman–Crippen MR) is 101 cm³/mol. The molecule has 1 aromatic heterocycles. The van der Waals surface area contributed by atoms with Crippen LogP contribution in [0.15, 0.2) is 41.4 Å². The van der Waals surface area contributed by atoms with Crippen LogP contribution in [0.1, 0.15) is 22.3 Å². The molecular formula is C19H17ClN2O3S. The van der Waals surface area contributed by atoms with Crippen molar-refractivity contribution in [3.05, 3.63) is 58.8 Å². The molecule has 5 nitrogen and oxygen atoms in total. The van der Waals surface area contributed by atoms with Gasteiger partial charge in [-0.2, -0.15) is 5.26 Å². The number of hydrogen-bond acceptors (Lipinski definition) is 4. The van der Waals surface area contributed by atoms with Crippen LogP contribution >= 0.6 is 11.6 Å². The number of nitriles is 1. The van der Waals surface area contributed by atoms with Crippen molar-refractivity contribution >= 4 is 32.5 Å². The first-order chi connectivity index (χ1) is 12.3. The molecule has 0 unspecified atom stereocenters. The van der Waals surface area contributed by atoms with E-state index in [0.717, 1.165) is 9.54 Å². The van der Waals surface area contributed by atoms with E-state index in [1.807, 2.05) is 6.92 Å². The molecule has 2 aromatic carbocycles. The lowest BCUT2D eigenvalue weighted by Gasteiger charge is -2.13. The first-order valence-electron chi connectivity index (χ1n) is 7.85. The standard InChI is InChI=1S/C19H17ClN2O3S/c1-12-4-6-15(7-5-12)26(23,24)22-11-14(10-21)18-16(9-20)17(25-3)8-13(2)19(18)22/h4-8,11H,9H2,1-3H3. The Bertz CT molecular complexity index is 1140. The highest BCUT2D eigenvalue weighted by Crippen LogP contribution is 2.37. The van der Waals surface area contributed by atoms with E-state index in [4.69, 9.17) is 16.3 Å². The van der Waals surface area contributed by atoms with Gasteiger partial charge in [-0.1, -0.05) is 17.7 Å². The van der Waals surface area contributed by atoms with E-state index in [-0.39, 0.29) is 16.3 Å². The molecule has 0 aliphatic rings. The van der Waals surface area contributed by atoms with E-state index < -0.39 is 10.0 Å². The smallest absolute Gasteiger partial charge is 0.268 e. The number of fused-ring (bicyclic) bond motifs is 1. The normalized spacial score (nSPS) is 11.5. The Balaban J connectivity index is 2.42. The van der Waals surface area contributed by atoms with Gasteiger partial charge in [0.2, 0.25) is 0 Å². The molecule has 134 valence electrons. The summed E-state index contributed by atoms with van der Waals surface area (Å²) in [6.07, 6.45) is 1.35. The van der Waals surface area contributed by atoms with E-state index in [1.165, 1.54) is 13.3 Å². The zero-order chi connectivity index (χ0) is 19.1. The Morgan fingerprint density at radius 3 is 2.42 bits per heavy atom. The zero-order valence-electron chi connectivity index (χ0n) is 14.6. The van der Waals surface area contributed by atoms with Crippen LogP contribution in [0.4, 0.5) is 0 Å². The second-order valence-electron chi connectivity index (χ2n) is 6.00. The molecule has 0 saturated carbocycles. The summed E-state index contributed by atoms with van der Waals surface area (Å²) >= 11 is 6.08. The van der Waals surface area contributed by atoms with Gasteiger partial charge in [-0.15, -0.1) is 11.6 Å². The Morgan fingerprint density at radius 2 is 1.88 bits per heavy atom. The molecule has 0 saturated heterocycles. The Hall–Kier alpha value is -2.49. The van der Waals surface area contributed by atoms with Crippen molar-refractivity contribution < 1.29 is 13.2 Å². The van der Waals surface area contributed by atoms with Crippen LogP contribution in [0.3, 0.4) is 0 Å². The van der Waals surface area contributed by atoms with Crippen molar-refractivity contribution in [3.63, 3.8) is 0 Å². The van der Waals surface area contributed by atoms with Crippen molar-refractivity contribution in [2.75, 3.05) is 7.11 Å². The van der Waals surface area contributed by atoms with Crippen molar-refractivity contribution in [3.8, 4) is 11.8 Å². The average molecular weight is 389 g/mol. The second-order valence-corrected chi connectivity index (χ2v) is 8.08. The summed E-state index contributed by atoms with van der Waals surface area (Å²) in [5.74, 6) is 0.635. The minimum Gasteiger partial charge on any atom is -0.496 e. The van der Waals surface area contributed by atoms with Crippen molar-refractivity contribution in [2.24, 2.45) is 0 Å². The van der Waals surface area contributed by atoms with E-state index >= 15 is 0 Å². The molecule has 1 heterocycles. The van der Waals surface area contributed by atoms with Crippen LogP contribution in [-0.4, -0.2) is 19.5 Å². The largest absolute Gasteiger partial charge is 0.496 e. The number of nitrogens with zero attached hydrogens (tertiary/aromatic N) is 2. The molecule has 7 heteroatoms. The minimum absolute atomic E-state index is 0.100. The maximum Gasteiger partial charge on any atom is 0.268 e. The third-order valence-corrected chi connectivity index (χ3v) is 6.29. The molecule has 0 radical (unpaired) electrons. The van der Waals surface area contributed by atoms with Crippen molar-refractivity contribution in [2.45, 2.75) is 24.6 Å². The number of methoxy groups -OCH3 is 1. The van der Waals surface area contributed by atoms with Crippen LogP contribution in [-0.2, 0) is 15.9 Å². The third-order valence-electron chi connectivity index (χ3n) is 4.34. The highest BCUT2D eigenvalue weighted by Gasteiger charge is 2.25. The van der Waals surface area contributed by atoms with E-state index in [2.05, 4.69) is 6.07 Å². The molecule has 0 bridgehead atoms. The molecule has 0 aliphatic carbocycles. The summed E-state index contributed by atoms with van der Waals surface area (Å²) in [7, 11) is -2.34. The number of aromatic nitrogens is 1. The van der Waals surface area contributed by atoms with Gasteiger partial charge in [0.05, 0.1) is 29.0 Å². The monoisotopic (exact) mass is 388 g/mol. The Morgan fingerprint density at radius 1 is 1.23 bits per heavy atom. The molecule has 26 heavy (non-hydrogen) atoms. The predicted octanol–water partition coefficient (Wildman–Crippen LogP) is 4.11. The number of ether oxygens (including phenoxy) is 1. The van der Waals surface area contributed by atoms with Crippen molar-refractivity contribution in [1.29, 1.82) is 5.26 Å². The topological polar surface area (TPSA) is 72.1 Å². The molecule has 0 amide bonds. The maximum atomic E-state index is 13.2. The summed E-state index contributed by atoms with van der Waals surface area (Å²) in [5.41, 5.74) is 2.93. The Labute approximate surface area is 157 Å². The van der Waals surface area contributed by atoms with E-state index in [9.17, 15) is 13.7 Å². The van der Waals surface area contributed by atoms with Crippen LogP contribution in [0.2, 0.25) is 0 Å². The number of rotatable bonds is 4. The van der Waals surface area contributed by atoms with Crippen LogP contribution in [0.25, 0.3) is 10.9 Å². The van der Waals surface area contributed by atoms with Crippen LogP contribution in [0, 0.1) is 25.2 Å². The first kappa shape index (κ1) is 18.3. The summed E-state index contributed by atoms with van der Waals surface area (Å²) in [6, 6.07) is 10.4. The number of halogens is 1. The lowest BCUT2D eigenvalue weighted by atomic mass is 10.0. The molecule has 0 atom stereocenters. The van der Waals surface area contributed by atoms with Gasteiger partial charge < -0.3 is 4.74 Å². The average Bonchev–Trinajstić information content (AvgIpc) is 3.03. The third kappa shape index (κ3) is 2.74. The molecule has 0 N–H and O–H groups in total. The van der Waals surface area contributed by atoms with Gasteiger partial charge in [0, 0.05) is 17.1 Å². The fraction of sp³-hybridized carbons (Fsp3) is 0.211. The lowest BCUT2D eigenvalue weighted by Crippen LogP contribution is -2.12. The quantitative estimate of drug-likeness (QED) is 0.630. The number of alkyl halides is 1. The summed E-state index contributed by atoms with van der Waals surface area (Å²) in [4.78, 5) is 0.159. The Kier molecular flexibility index (Phi) is 4.70. The van der Waals surface area contributed by atoms with Gasteiger partial charge in [-0.25, -0.2) is 12.4 Å². The SMILES string of the molecule is COc1cc(C)c2c(c(C#N)cn2S(=O)(=O)c2ccc(C)cc2)c1CCl.